The van der Waals surface area contributed by atoms with Gasteiger partial charge >= 0.3 is 0 Å². The summed E-state index contributed by atoms with van der Waals surface area (Å²) in [7, 11) is 0. The Bertz CT molecular complexity index is 318. The van der Waals surface area contributed by atoms with Gasteiger partial charge in [-0.15, -0.1) is 0 Å². The molecule has 0 aliphatic carbocycles. The molecule has 1 unspecified atom stereocenters. The standard InChI is InChI=1S/C15H23NO/c1-4-15(16-11-6-12-17-5-2)14-9-7-13(3)8-10-14/h5,7-10,15-16H,2,4,6,11-12H2,1,3H3. The van der Waals surface area contributed by atoms with Crippen LogP contribution in [0.15, 0.2) is 37.1 Å². The molecule has 0 aromatic heterocycles. The quantitative estimate of drug-likeness (QED) is 0.547. The molecule has 0 aliphatic rings. The number of nitrogens with one attached hydrogen (secondary N) is 1. The van der Waals surface area contributed by atoms with Crippen LogP contribution in [-0.4, -0.2) is 13.2 Å². The maximum absolute atomic E-state index is 5.09. The third-order valence-corrected chi connectivity index (χ3v) is 2.84. The molecule has 94 valence electrons. The Hall–Kier alpha value is -1.28. The van der Waals surface area contributed by atoms with Crippen molar-refractivity contribution in [1.82, 2.24) is 5.32 Å². The first kappa shape index (κ1) is 13.8. The molecule has 0 saturated heterocycles. The Balaban J connectivity index is 2.37. The van der Waals surface area contributed by atoms with Crippen LogP contribution in [0.3, 0.4) is 0 Å². The zero-order chi connectivity index (χ0) is 12.5. The van der Waals surface area contributed by atoms with Gasteiger partial charge in [-0.2, -0.15) is 0 Å². The molecule has 1 atom stereocenters. The van der Waals surface area contributed by atoms with Crippen molar-refractivity contribution in [3.63, 3.8) is 0 Å². The highest BCUT2D eigenvalue weighted by molar-refractivity contribution is 5.23. The van der Waals surface area contributed by atoms with Gasteiger partial charge in [0.1, 0.15) is 0 Å². The van der Waals surface area contributed by atoms with E-state index in [1.165, 1.54) is 17.4 Å². The van der Waals surface area contributed by atoms with Crippen molar-refractivity contribution in [2.45, 2.75) is 32.7 Å². The van der Waals surface area contributed by atoms with Gasteiger partial charge in [-0.05, 0) is 31.9 Å². The van der Waals surface area contributed by atoms with Crippen molar-refractivity contribution in [1.29, 1.82) is 0 Å². The van der Waals surface area contributed by atoms with Crippen molar-refractivity contribution < 1.29 is 4.74 Å². The molecular formula is C15H23NO. The van der Waals surface area contributed by atoms with Gasteiger partial charge in [-0.1, -0.05) is 43.3 Å². The fourth-order valence-electron chi connectivity index (χ4n) is 1.81. The first-order valence-corrected chi connectivity index (χ1v) is 6.30. The Labute approximate surface area is 105 Å². The molecule has 1 aromatic carbocycles. The summed E-state index contributed by atoms with van der Waals surface area (Å²) in [4.78, 5) is 0. The lowest BCUT2D eigenvalue weighted by Crippen LogP contribution is -2.22. The lowest BCUT2D eigenvalue weighted by atomic mass is 10.0. The van der Waals surface area contributed by atoms with Crippen molar-refractivity contribution in [3.8, 4) is 0 Å². The van der Waals surface area contributed by atoms with Crippen LogP contribution < -0.4 is 5.32 Å². The molecular weight excluding hydrogens is 210 g/mol. The molecule has 0 spiro atoms. The van der Waals surface area contributed by atoms with Crippen molar-refractivity contribution >= 4 is 0 Å². The second-order valence-electron chi connectivity index (χ2n) is 4.22. The van der Waals surface area contributed by atoms with Crippen LogP contribution in [0, 0.1) is 6.92 Å². The van der Waals surface area contributed by atoms with Crippen LogP contribution in [0.1, 0.15) is 36.9 Å². The van der Waals surface area contributed by atoms with Crippen LogP contribution in [0.5, 0.6) is 0 Å². The lowest BCUT2D eigenvalue weighted by Gasteiger charge is -2.17. The fraction of sp³-hybridized carbons (Fsp3) is 0.467. The first-order valence-electron chi connectivity index (χ1n) is 6.30. The minimum Gasteiger partial charge on any atom is -0.502 e. The Morgan fingerprint density at radius 3 is 2.65 bits per heavy atom. The molecule has 0 heterocycles. The second kappa shape index (κ2) is 7.91. The third-order valence-electron chi connectivity index (χ3n) is 2.84. The van der Waals surface area contributed by atoms with Crippen LogP contribution in [0.4, 0.5) is 0 Å². The van der Waals surface area contributed by atoms with E-state index in [0.29, 0.717) is 6.04 Å². The van der Waals surface area contributed by atoms with Crippen molar-refractivity contribution in [3.05, 3.63) is 48.2 Å². The number of rotatable bonds is 8. The van der Waals surface area contributed by atoms with Crippen molar-refractivity contribution in [2.75, 3.05) is 13.2 Å². The summed E-state index contributed by atoms with van der Waals surface area (Å²) < 4.78 is 5.09. The first-order chi connectivity index (χ1) is 8.27. The third kappa shape index (κ3) is 5.05. The topological polar surface area (TPSA) is 21.3 Å². The van der Waals surface area contributed by atoms with E-state index >= 15 is 0 Å². The number of hydrogen-bond donors (Lipinski definition) is 1. The fourth-order valence-corrected chi connectivity index (χ4v) is 1.81. The van der Waals surface area contributed by atoms with E-state index in [1.54, 1.807) is 0 Å². The highest BCUT2D eigenvalue weighted by atomic mass is 16.5. The van der Waals surface area contributed by atoms with Gasteiger partial charge in [0.2, 0.25) is 0 Å². The zero-order valence-electron chi connectivity index (χ0n) is 10.9. The Kier molecular flexibility index (Phi) is 6.41. The van der Waals surface area contributed by atoms with Gasteiger partial charge in [-0.25, -0.2) is 0 Å². The van der Waals surface area contributed by atoms with E-state index in [1.807, 2.05) is 0 Å². The summed E-state index contributed by atoms with van der Waals surface area (Å²) in [5.74, 6) is 0. The predicted octanol–water partition coefficient (Wildman–Crippen LogP) is 3.59. The molecule has 1 rings (SSSR count). The SMILES string of the molecule is C=COCCCNC(CC)c1ccc(C)cc1. The van der Waals surface area contributed by atoms with Crippen LogP contribution in [0.2, 0.25) is 0 Å². The molecule has 2 heteroatoms. The van der Waals surface area contributed by atoms with E-state index in [2.05, 4.69) is 50.0 Å². The smallest absolute Gasteiger partial charge is 0.0885 e. The van der Waals surface area contributed by atoms with Crippen molar-refractivity contribution in [2.24, 2.45) is 0 Å². The Morgan fingerprint density at radius 1 is 1.35 bits per heavy atom. The van der Waals surface area contributed by atoms with Crippen LogP contribution >= 0.6 is 0 Å². The molecule has 0 bridgehead atoms. The summed E-state index contributed by atoms with van der Waals surface area (Å²) >= 11 is 0. The van der Waals surface area contributed by atoms with Gasteiger partial charge < -0.3 is 10.1 Å². The van der Waals surface area contributed by atoms with Gasteiger partial charge in [-0.3, -0.25) is 0 Å². The maximum Gasteiger partial charge on any atom is 0.0885 e. The van der Waals surface area contributed by atoms with Crippen LogP contribution in [0.25, 0.3) is 0 Å². The Morgan fingerprint density at radius 2 is 2.06 bits per heavy atom. The highest BCUT2D eigenvalue weighted by Crippen LogP contribution is 2.16. The van der Waals surface area contributed by atoms with E-state index in [9.17, 15) is 0 Å². The summed E-state index contributed by atoms with van der Waals surface area (Å²) in [6, 6.07) is 9.19. The molecule has 2 nitrogen and oxygen atoms in total. The molecule has 1 N–H and O–H groups in total. The lowest BCUT2D eigenvalue weighted by molar-refractivity contribution is 0.242. The number of benzene rings is 1. The average molecular weight is 233 g/mol. The molecule has 0 saturated carbocycles. The minimum absolute atomic E-state index is 0.444. The number of hydrogen-bond acceptors (Lipinski definition) is 2. The summed E-state index contributed by atoms with van der Waals surface area (Å²) in [5, 5.41) is 3.55. The summed E-state index contributed by atoms with van der Waals surface area (Å²) in [5.41, 5.74) is 2.67. The summed E-state index contributed by atoms with van der Waals surface area (Å²) in [6.07, 6.45) is 3.61. The molecule has 0 fully saturated rings. The number of ether oxygens (including phenoxy) is 1. The predicted molar refractivity (Wildman–Crippen MR) is 73.0 cm³/mol. The molecule has 1 aromatic rings. The zero-order valence-corrected chi connectivity index (χ0v) is 10.9. The van der Waals surface area contributed by atoms with Gasteiger partial charge in [0.15, 0.2) is 0 Å². The van der Waals surface area contributed by atoms with E-state index < -0.39 is 0 Å². The van der Waals surface area contributed by atoms with Gasteiger partial charge in [0.05, 0.1) is 12.9 Å². The number of aryl methyl sites for hydroxylation is 1. The normalized spacial score (nSPS) is 12.1. The highest BCUT2D eigenvalue weighted by Gasteiger charge is 2.07. The summed E-state index contributed by atoms with van der Waals surface area (Å²) in [6.45, 7) is 9.55. The largest absolute Gasteiger partial charge is 0.502 e. The van der Waals surface area contributed by atoms with E-state index in [-0.39, 0.29) is 0 Å². The van der Waals surface area contributed by atoms with E-state index in [4.69, 9.17) is 4.74 Å². The molecule has 0 aliphatic heterocycles. The van der Waals surface area contributed by atoms with Gasteiger partial charge in [0.25, 0.3) is 0 Å². The maximum atomic E-state index is 5.09. The minimum atomic E-state index is 0.444. The molecule has 17 heavy (non-hydrogen) atoms. The van der Waals surface area contributed by atoms with Crippen LogP contribution in [-0.2, 0) is 4.74 Å². The van der Waals surface area contributed by atoms with Gasteiger partial charge in [0, 0.05) is 6.04 Å². The molecule has 0 radical (unpaired) electrons. The average Bonchev–Trinajstić information content (AvgIpc) is 2.35. The second-order valence-corrected chi connectivity index (χ2v) is 4.22. The van der Waals surface area contributed by atoms with E-state index in [0.717, 1.165) is 26.0 Å². The monoisotopic (exact) mass is 233 g/mol. The molecule has 0 amide bonds.